The number of thioether (sulfide) groups is 1. The van der Waals surface area contributed by atoms with Gasteiger partial charge in [0.25, 0.3) is 0 Å². The zero-order valence-electron chi connectivity index (χ0n) is 10.4. The molecular formula is C13H14N2O2S2. The Kier molecular flexibility index (Phi) is 4.95. The Morgan fingerprint density at radius 1 is 1.42 bits per heavy atom. The number of hydrogen-bond donors (Lipinski definition) is 2. The van der Waals surface area contributed by atoms with E-state index in [-0.39, 0.29) is 12.5 Å². The molecule has 1 aromatic carbocycles. The zero-order chi connectivity index (χ0) is 13.7. The Morgan fingerprint density at radius 3 is 2.74 bits per heavy atom. The van der Waals surface area contributed by atoms with Crippen LogP contribution in [0, 0.1) is 6.92 Å². The fraction of sp³-hybridized carbons (Fsp3) is 0.231. The number of benzene rings is 1. The third kappa shape index (κ3) is 4.34. The molecule has 1 heterocycles. The molecule has 2 aromatic rings. The van der Waals surface area contributed by atoms with Gasteiger partial charge in [-0.3, -0.25) is 4.79 Å². The molecule has 0 aliphatic heterocycles. The topological polar surface area (TPSA) is 62.2 Å². The molecule has 1 amide bonds. The van der Waals surface area contributed by atoms with Crippen LogP contribution in [0.15, 0.2) is 34.5 Å². The smallest absolute Gasteiger partial charge is 0.236 e. The first-order chi connectivity index (χ1) is 9.17. The lowest BCUT2D eigenvalue weighted by atomic mass is 10.2. The van der Waals surface area contributed by atoms with Crippen LogP contribution in [0.5, 0.6) is 0 Å². The number of anilines is 1. The van der Waals surface area contributed by atoms with E-state index in [2.05, 4.69) is 10.3 Å². The summed E-state index contributed by atoms with van der Waals surface area (Å²) in [6, 6.07) is 7.50. The van der Waals surface area contributed by atoms with E-state index in [9.17, 15) is 4.79 Å². The molecule has 0 spiro atoms. The van der Waals surface area contributed by atoms with Crippen molar-refractivity contribution in [3.8, 4) is 0 Å². The number of amides is 1. The van der Waals surface area contributed by atoms with Gasteiger partial charge >= 0.3 is 0 Å². The normalized spacial score (nSPS) is 10.4. The van der Waals surface area contributed by atoms with Crippen LogP contribution in [-0.4, -0.2) is 21.8 Å². The third-order valence-corrected chi connectivity index (χ3v) is 4.23. The number of carbonyl (C=O) groups is 1. The molecule has 0 saturated carbocycles. The summed E-state index contributed by atoms with van der Waals surface area (Å²) in [6.07, 6.45) is 0. The Balaban J connectivity index is 1.82. The second kappa shape index (κ2) is 6.70. The van der Waals surface area contributed by atoms with Crippen molar-refractivity contribution in [3.63, 3.8) is 0 Å². The number of hydrogen-bond acceptors (Lipinski definition) is 5. The van der Waals surface area contributed by atoms with Gasteiger partial charge in [0.05, 0.1) is 18.1 Å². The Morgan fingerprint density at radius 2 is 2.16 bits per heavy atom. The van der Waals surface area contributed by atoms with Crippen LogP contribution in [0.1, 0.15) is 11.3 Å². The average molecular weight is 294 g/mol. The number of nitrogens with one attached hydrogen (secondary N) is 1. The van der Waals surface area contributed by atoms with Gasteiger partial charge in [-0.2, -0.15) is 0 Å². The number of aromatic nitrogens is 1. The number of aryl methyl sites for hydroxylation is 1. The molecule has 100 valence electrons. The van der Waals surface area contributed by atoms with Crippen molar-refractivity contribution in [2.45, 2.75) is 18.4 Å². The fourth-order valence-electron chi connectivity index (χ4n) is 1.41. The third-order valence-electron chi connectivity index (χ3n) is 2.34. The molecule has 0 atom stereocenters. The maximum atomic E-state index is 11.7. The highest BCUT2D eigenvalue weighted by Gasteiger charge is 2.06. The summed E-state index contributed by atoms with van der Waals surface area (Å²) in [5.41, 5.74) is 1.78. The highest BCUT2D eigenvalue weighted by Crippen LogP contribution is 2.20. The van der Waals surface area contributed by atoms with Crippen molar-refractivity contribution < 1.29 is 9.90 Å². The van der Waals surface area contributed by atoms with Crippen LogP contribution in [0.25, 0.3) is 0 Å². The van der Waals surface area contributed by atoms with Gasteiger partial charge in [-0.05, 0) is 24.6 Å². The second-order valence-corrected chi connectivity index (χ2v) is 5.84. The summed E-state index contributed by atoms with van der Waals surface area (Å²) >= 11 is 2.88. The van der Waals surface area contributed by atoms with E-state index < -0.39 is 0 Å². The summed E-state index contributed by atoms with van der Waals surface area (Å²) in [7, 11) is 0. The van der Waals surface area contributed by atoms with Crippen LogP contribution < -0.4 is 5.32 Å². The van der Waals surface area contributed by atoms with Crippen LogP contribution >= 0.6 is 23.1 Å². The number of aliphatic hydroxyl groups is 1. The van der Waals surface area contributed by atoms with Gasteiger partial charge in [0.15, 0.2) is 5.13 Å². The van der Waals surface area contributed by atoms with E-state index in [1.807, 2.05) is 36.6 Å². The molecule has 0 aliphatic rings. The molecule has 0 bridgehead atoms. The van der Waals surface area contributed by atoms with Crippen molar-refractivity contribution in [1.82, 2.24) is 4.98 Å². The largest absolute Gasteiger partial charge is 0.392 e. The summed E-state index contributed by atoms with van der Waals surface area (Å²) in [5, 5.41) is 14.2. The van der Waals surface area contributed by atoms with Gasteiger partial charge in [-0.1, -0.05) is 12.1 Å². The number of thiazole rings is 1. The van der Waals surface area contributed by atoms with Crippen molar-refractivity contribution >= 4 is 34.1 Å². The Hall–Kier alpha value is -1.37. The van der Waals surface area contributed by atoms with Crippen molar-refractivity contribution in [1.29, 1.82) is 0 Å². The first kappa shape index (κ1) is 14.0. The predicted octanol–water partition coefficient (Wildman–Crippen LogP) is 2.67. The van der Waals surface area contributed by atoms with Gasteiger partial charge in [-0.15, -0.1) is 23.1 Å². The maximum absolute atomic E-state index is 11.7. The van der Waals surface area contributed by atoms with E-state index in [1.54, 1.807) is 0 Å². The Labute approximate surface area is 119 Å². The molecule has 2 rings (SSSR count). The first-order valence-corrected chi connectivity index (χ1v) is 7.58. The van der Waals surface area contributed by atoms with Gasteiger partial charge in [0, 0.05) is 10.3 Å². The summed E-state index contributed by atoms with van der Waals surface area (Å²) < 4.78 is 0. The van der Waals surface area contributed by atoms with E-state index in [1.165, 1.54) is 23.1 Å². The zero-order valence-corrected chi connectivity index (χ0v) is 12.1. The van der Waals surface area contributed by atoms with Gasteiger partial charge in [-0.25, -0.2) is 4.98 Å². The van der Waals surface area contributed by atoms with Crippen molar-refractivity contribution in [3.05, 3.63) is 40.9 Å². The molecule has 2 N–H and O–H groups in total. The lowest BCUT2D eigenvalue weighted by Gasteiger charge is -2.03. The molecule has 0 radical (unpaired) electrons. The minimum absolute atomic E-state index is 0.0365. The molecule has 0 aliphatic carbocycles. The van der Waals surface area contributed by atoms with E-state index in [0.717, 1.165) is 16.2 Å². The van der Waals surface area contributed by atoms with E-state index in [0.29, 0.717) is 10.9 Å². The average Bonchev–Trinajstić information content (AvgIpc) is 2.82. The highest BCUT2D eigenvalue weighted by atomic mass is 32.2. The van der Waals surface area contributed by atoms with Crippen LogP contribution in [0.4, 0.5) is 5.13 Å². The summed E-state index contributed by atoms with van der Waals surface area (Å²) in [6.45, 7) is 1.93. The fourth-order valence-corrected chi connectivity index (χ4v) is 2.81. The van der Waals surface area contributed by atoms with E-state index in [4.69, 9.17) is 5.11 Å². The minimum atomic E-state index is -0.0643. The van der Waals surface area contributed by atoms with E-state index >= 15 is 0 Å². The van der Waals surface area contributed by atoms with Crippen LogP contribution in [0.3, 0.4) is 0 Å². The summed E-state index contributed by atoms with van der Waals surface area (Å²) in [5.74, 6) is 0.280. The Bertz CT molecular complexity index is 552. The molecule has 4 nitrogen and oxygen atoms in total. The predicted molar refractivity (Wildman–Crippen MR) is 78.6 cm³/mol. The van der Waals surface area contributed by atoms with Gasteiger partial charge in [0.1, 0.15) is 0 Å². The van der Waals surface area contributed by atoms with Crippen LogP contribution in [-0.2, 0) is 11.4 Å². The number of aliphatic hydroxyl groups excluding tert-OH is 1. The van der Waals surface area contributed by atoms with Gasteiger partial charge < -0.3 is 10.4 Å². The molecule has 6 heteroatoms. The maximum Gasteiger partial charge on any atom is 0.236 e. The molecule has 1 aromatic heterocycles. The monoisotopic (exact) mass is 294 g/mol. The molecule has 0 saturated heterocycles. The lowest BCUT2D eigenvalue weighted by Crippen LogP contribution is -2.13. The molecule has 0 fully saturated rings. The first-order valence-electron chi connectivity index (χ1n) is 5.72. The molecular weight excluding hydrogens is 280 g/mol. The lowest BCUT2D eigenvalue weighted by molar-refractivity contribution is -0.113. The van der Waals surface area contributed by atoms with Crippen molar-refractivity contribution in [2.75, 3.05) is 11.1 Å². The quantitative estimate of drug-likeness (QED) is 0.832. The van der Waals surface area contributed by atoms with Crippen molar-refractivity contribution in [2.24, 2.45) is 0 Å². The number of carbonyl (C=O) groups excluding carboxylic acids is 1. The summed E-state index contributed by atoms with van der Waals surface area (Å²) in [4.78, 5) is 16.9. The number of nitrogens with zero attached hydrogens (tertiary/aromatic N) is 1. The molecule has 19 heavy (non-hydrogen) atoms. The highest BCUT2D eigenvalue weighted by molar-refractivity contribution is 8.00. The second-order valence-electron chi connectivity index (χ2n) is 3.93. The van der Waals surface area contributed by atoms with Crippen LogP contribution in [0.2, 0.25) is 0 Å². The SMILES string of the molecule is Cc1csc(NC(=O)CSc2ccc(CO)cc2)n1. The number of rotatable bonds is 5. The molecule has 0 unspecified atom stereocenters. The van der Waals surface area contributed by atoms with Gasteiger partial charge in [0.2, 0.25) is 5.91 Å². The standard InChI is InChI=1S/C13H14N2O2S2/c1-9-7-19-13(14-9)15-12(17)8-18-11-4-2-10(6-16)3-5-11/h2-5,7,16H,6,8H2,1H3,(H,14,15,17). The minimum Gasteiger partial charge on any atom is -0.392 e.